The highest BCUT2D eigenvalue weighted by atomic mass is 32.1. The minimum atomic E-state index is -0.166. The smallest absolute Gasteiger partial charge is 0.273 e. The first-order valence-electron chi connectivity index (χ1n) is 10.2. The van der Waals surface area contributed by atoms with E-state index in [2.05, 4.69) is 55.8 Å². The van der Waals surface area contributed by atoms with Gasteiger partial charge in [-0.1, -0.05) is 23.4 Å². The maximum absolute atomic E-state index is 12.0. The van der Waals surface area contributed by atoms with Crippen molar-refractivity contribution in [1.29, 1.82) is 0 Å². The van der Waals surface area contributed by atoms with Gasteiger partial charge in [0.05, 0.1) is 12.7 Å². The molecule has 0 radical (unpaired) electrons. The third kappa shape index (κ3) is 5.20. The van der Waals surface area contributed by atoms with E-state index >= 15 is 0 Å². The highest BCUT2D eigenvalue weighted by Crippen LogP contribution is 2.26. The normalized spacial score (nSPS) is 16.0. The van der Waals surface area contributed by atoms with Crippen LogP contribution in [0.3, 0.4) is 0 Å². The van der Waals surface area contributed by atoms with Gasteiger partial charge < -0.3 is 5.32 Å². The lowest BCUT2D eigenvalue weighted by molar-refractivity contribution is 0.0938. The molecule has 8 heteroatoms. The van der Waals surface area contributed by atoms with Gasteiger partial charge in [0, 0.05) is 54.9 Å². The summed E-state index contributed by atoms with van der Waals surface area (Å²) in [7, 11) is 0. The van der Waals surface area contributed by atoms with E-state index in [-0.39, 0.29) is 11.9 Å². The highest BCUT2D eigenvalue weighted by Gasteiger charge is 2.18. The molecule has 0 saturated carbocycles. The maximum atomic E-state index is 12.0. The number of hydrogen-bond donors (Lipinski definition) is 1. The van der Waals surface area contributed by atoms with Gasteiger partial charge in [-0.05, 0) is 31.4 Å². The zero-order valence-electron chi connectivity index (χ0n) is 17.0. The van der Waals surface area contributed by atoms with Crippen LogP contribution in [-0.2, 0) is 13.1 Å². The Morgan fingerprint density at radius 3 is 2.66 bits per heavy atom. The van der Waals surface area contributed by atoms with Crippen LogP contribution < -0.4 is 5.32 Å². The summed E-state index contributed by atoms with van der Waals surface area (Å²) in [6.07, 6.45) is 1.73. The fraction of sp³-hybridized carbons (Fsp3) is 0.476. The molecule has 1 aliphatic heterocycles. The second-order valence-corrected chi connectivity index (χ2v) is 9.03. The van der Waals surface area contributed by atoms with Crippen LogP contribution in [0.15, 0.2) is 36.5 Å². The Balaban J connectivity index is 1.22. The van der Waals surface area contributed by atoms with Crippen molar-refractivity contribution in [3.05, 3.63) is 47.1 Å². The van der Waals surface area contributed by atoms with Crippen molar-refractivity contribution in [3.8, 4) is 0 Å². The molecule has 0 atom stereocenters. The van der Waals surface area contributed by atoms with Crippen LogP contribution in [0.2, 0.25) is 0 Å². The summed E-state index contributed by atoms with van der Waals surface area (Å²) in [6.45, 7) is 10.8. The third-order valence-electron chi connectivity index (χ3n) is 5.16. The van der Waals surface area contributed by atoms with Crippen molar-refractivity contribution < 1.29 is 4.79 Å². The van der Waals surface area contributed by atoms with Gasteiger partial charge in [0.2, 0.25) is 0 Å². The summed E-state index contributed by atoms with van der Waals surface area (Å²) in [5.41, 5.74) is 0.381. The Bertz CT molecular complexity index is 924. The molecular formula is C21H28N6OS. The van der Waals surface area contributed by atoms with Gasteiger partial charge in [-0.3, -0.25) is 19.3 Å². The number of fused-ring (bicyclic) bond motifs is 1. The lowest BCUT2D eigenvalue weighted by Crippen LogP contribution is -2.46. The maximum Gasteiger partial charge on any atom is 0.273 e. The number of carbonyl (C=O) groups excluding carboxylic acids is 1. The lowest BCUT2D eigenvalue weighted by Gasteiger charge is -2.34. The molecule has 0 spiro atoms. The monoisotopic (exact) mass is 412 g/mol. The van der Waals surface area contributed by atoms with Crippen molar-refractivity contribution in [1.82, 2.24) is 30.1 Å². The van der Waals surface area contributed by atoms with Crippen LogP contribution in [0.4, 0.5) is 0 Å². The Kier molecular flexibility index (Phi) is 6.22. The molecule has 1 aromatic carbocycles. The fourth-order valence-electron chi connectivity index (χ4n) is 3.60. The Morgan fingerprint density at radius 1 is 1.14 bits per heavy atom. The van der Waals surface area contributed by atoms with E-state index in [9.17, 15) is 4.79 Å². The average Bonchev–Trinajstić information content (AvgIpc) is 3.33. The van der Waals surface area contributed by atoms with Crippen molar-refractivity contribution >= 4 is 27.3 Å². The molecule has 1 amide bonds. The quantitative estimate of drug-likeness (QED) is 0.646. The third-order valence-corrected chi connectivity index (χ3v) is 6.26. The number of benzene rings is 1. The van der Waals surface area contributed by atoms with Gasteiger partial charge >= 0.3 is 0 Å². The van der Waals surface area contributed by atoms with E-state index in [4.69, 9.17) is 0 Å². The second kappa shape index (κ2) is 9.02. The van der Waals surface area contributed by atoms with Crippen LogP contribution in [0.25, 0.3) is 10.1 Å². The molecule has 0 bridgehead atoms. The van der Waals surface area contributed by atoms with Gasteiger partial charge in [-0.25, -0.2) is 0 Å². The number of carbonyl (C=O) groups is 1. The molecule has 7 nitrogen and oxygen atoms in total. The number of hydrogen-bond acceptors (Lipinski definition) is 6. The molecule has 0 unspecified atom stereocenters. The topological polar surface area (TPSA) is 66.3 Å². The van der Waals surface area contributed by atoms with Gasteiger partial charge in [-0.2, -0.15) is 0 Å². The zero-order valence-corrected chi connectivity index (χ0v) is 17.9. The van der Waals surface area contributed by atoms with E-state index in [1.165, 1.54) is 15.0 Å². The summed E-state index contributed by atoms with van der Waals surface area (Å²) in [4.78, 5) is 18.4. The van der Waals surface area contributed by atoms with Crippen molar-refractivity contribution in [3.63, 3.8) is 0 Å². The van der Waals surface area contributed by atoms with Crippen LogP contribution in [0, 0.1) is 0 Å². The first-order chi connectivity index (χ1) is 14.1. The van der Waals surface area contributed by atoms with E-state index in [0.29, 0.717) is 5.69 Å². The van der Waals surface area contributed by atoms with Gasteiger partial charge in [-0.15, -0.1) is 16.4 Å². The van der Waals surface area contributed by atoms with Crippen LogP contribution in [0.1, 0.15) is 29.2 Å². The molecule has 4 rings (SSSR count). The number of aromatic nitrogens is 3. The Hall–Kier alpha value is -2.29. The first kappa shape index (κ1) is 20.0. The Morgan fingerprint density at radius 2 is 1.90 bits per heavy atom. The van der Waals surface area contributed by atoms with E-state index < -0.39 is 0 Å². The molecule has 1 N–H and O–H groups in total. The van der Waals surface area contributed by atoms with Gasteiger partial charge in [0.15, 0.2) is 5.69 Å². The predicted molar refractivity (Wildman–Crippen MR) is 116 cm³/mol. The predicted octanol–water partition coefficient (Wildman–Crippen LogP) is 2.45. The minimum absolute atomic E-state index is 0.0940. The summed E-state index contributed by atoms with van der Waals surface area (Å²) in [5.74, 6) is -0.166. The standard InChI is InChI=1S/C21H28N6OS/c1-16(2)22-21(28)19-15-27(24-23-19)12-11-25-7-9-26(10-8-25)14-18-13-17-5-3-4-6-20(17)29-18/h3-6,13,15-16H,7-12,14H2,1-2H3,(H,22,28). The molecule has 3 aromatic rings. The highest BCUT2D eigenvalue weighted by molar-refractivity contribution is 7.19. The summed E-state index contributed by atoms with van der Waals surface area (Å²) in [6, 6.07) is 11.0. The number of amides is 1. The molecular weight excluding hydrogens is 384 g/mol. The van der Waals surface area contributed by atoms with Crippen LogP contribution in [-0.4, -0.2) is 69.5 Å². The SMILES string of the molecule is CC(C)NC(=O)c1cn(CCN2CCN(Cc3cc4ccccc4s3)CC2)nn1. The molecule has 2 aromatic heterocycles. The largest absolute Gasteiger partial charge is 0.348 e. The zero-order chi connectivity index (χ0) is 20.2. The fourth-order valence-corrected chi connectivity index (χ4v) is 4.70. The number of rotatable bonds is 7. The van der Waals surface area contributed by atoms with Crippen molar-refractivity contribution in [2.75, 3.05) is 32.7 Å². The molecule has 29 heavy (non-hydrogen) atoms. The summed E-state index contributed by atoms with van der Waals surface area (Å²) in [5, 5.41) is 12.3. The second-order valence-electron chi connectivity index (χ2n) is 7.86. The van der Waals surface area contributed by atoms with Crippen LogP contribution in [0.5, 0.6) is 0 Å². The molecule has 0 aliphatic carbocycles. The first-order valence-corrected chi connectivity index (χ1v) is 11.0. The van der Waals surface area contributed by atoms with E-state index in [1.54, 1.807) is 10.9 Å². The van der Waals surface area contributed by atoms with E-state index in [1.807, 2.05) is 25.2 Å². The summed E-state index contributed by atoms with van der Waals surface area (Å²) < 4.78 is 3.13. The van der Waals surface area contributed by atoms with Gasteiger partial charge in [0.1, 0.15) is 0 Å². The van der Waals surface area contributed by atoms with E-state index in [0.717, 1.165) is 45.8 Å². The molecule has 154 valence electrons. The molecule has 1 fully saturated rings. The van der Waals surface area contributed by atoms with Crippen molar-refractivity contribution in [2.45, 2.75) is 33.0 Å². The number of piperazine rings is 1. The molecule has 1 saturated heterocycles. The van der Waals surface area contributed by atoms with Crippen molar-refractivity contribution in [2.24, 2.45) is 0 Å². The van der Waals surface area contributed by atoms with Gasteiger partial charge in [0.25, 0.3) is 5.91 Å². The number of nitrogens with zero attached hydrogens (tertiary/aromatic N) is 5. The average molecular weight is 413 g/mol. The lowest BCUT2D eigenvalue weighted by atomic mass is 10.2. The number of thiophene rings is 1. The Labute approximate surface area is 175 Å². The molecule has 3 heterocycles. The minimum Gasteiger partial charge on any atom is -0.348 e. The van der Waals surface area contributed by atoms with Crippen LogP contribution >= 0.6 is 11.3 Å². The molecule has 1 aliphatic rings. The summed E-state index contributed by atoms with van der Waals surface area (Å²) >= 11 is 1.90. The number of nitrogens with one attached hydrogen (secondary N) is 1.